The van der Waals surface area contributed by atoms with Crippen molar-refractivity contribution in [1.82, 2.24) is 19.6 Å². The number of rotatable bonds is 8. The molecule has 9 nitrogen and oxygen atoms in total. The zero-order valence-electron chi connectivity index (χ0n) is 20.5. The van der Waals surface area contributed by atoms with Gasteiger partial charge in [0.25, 0.3) is 5.91 Å². The second kappa shape index (κ2) is 10.6. The molecule has 3 heterocycles. The molecule has 0 aliphatic carbocycles. The van der Waals surface area contributed by atoms with Crippen LogP contribution in [-0.4, -0.2) is 67.7 Å². The lowest BCUT2D eigenvalue weighted by atomic mass is 10.1. The third kappa shape index (κ3) is 4.88. The molecule has 1 aliphatic heterocycles. The maximum absolute atomic E-state index is 13.2. The number of fused-ring (bicyclic) bond motifs is 1. The molecule has 2 N–H and O–H groups in total. The number of anilines is 1. The first-order chi connectivity index (χ1) is 17.6. The van der Waals surface area contributed by atoms with E-state index in [1.807, 2.05) is 30.5 Å². The Morgan fingerprint density at radius 2 is 1.78 bits per heavy atom. The number of hydrogen-bond acceptors (Lipinski definition) is 8. The number of hydrogen-bond donors (Lipinski definition) is 2. The Morgan fingerprint density at radius 1 is 1.06 bits per heavy atom. The Labute approximate surface area is 213 Å². The van der Waals surface area contributed by atoms with Crippen molar-refractivity contribution in [3.8, 4) is 28.5 Å². The van der Waals surface area contributed by atoms with Gasteiger partial charge < -0.3 is 24.8 Å². The fourth-order valence-corrected chi connectivity index (χ4v) is 5.36. The van der Waals surface area contributed by atoms with E-state index in [0.717, 1.165) is 48.9 Å². The van der Waals surface area contributed by atoms with E-state index in [-0.39, 0.29) is 5.91 Å². The molecule has 1 aliphatic rings. The number of aromatic nitrogens is 2. The summed E-state index contributed by atoms with van der Waals surface area (Å²) in [4.78, 5) is 22.7. The van der Waals surface area contributed by atoms with Gasteiger partial charge in [0, 0.05) is 61.1 Å². The van der Waals surface area contributed by atoms with Crippen LogP contribution in [0.3, 0.4) is 0 Å². The van der Waals surface area contributed by atoms with Gasteiger partial charge in [-0.05, 0) is 18.2 Å². The summed E-state index contributed by atoms with van der Waals surface area (Å²) >= 11 is 1.70. The Bertz CT molecular complexity index is 1320. The number of methoxy groups -OCH3 is 3. The number of piperazine rings is 1. The number of ether oxygens (including phenoxy) is 3. The number of carbonyl (C=O) groups is 1. The van der Waals surface area contributed by atoms with Crippen molar-refractivity contribution in [2.45, 2.75) is 6.54 Å². The zero-order chi connectivity index (χ0) is 25.1. The Balaban J connectivity index is 1.38. The number of amides is 1. The van der Waals surface area contributed by atoms with Gasteiger partial charge in [0.2, 0.25) is 5.75 Å². The highest BCUT2D eigenvalue weighted by molar-refractivity contribution is 7.17. The molecule has 0 bridgehead atoms. The third-order valence-electron chi connectivity index (χ3n) is 6.17. The van der Waals surface area contributed by atoms with Crippen LogP contribution < -0.4 is 24.8 Å². The van der Waals surface area contributed by atoms with E-state index in [4.69, 9.17) is 19.2 Å². The topological polar surface area (TPSA) is 89.4 Å². The van der Waals surface area contributed by atoms with Crippen molar-refractivity contribution in [3.63, 3.8) is 0 Å². The van der Waals surface area contributed by atoms with E-state index in [1.54, 1.807) is 23.5 Å². The predicted octanol–water partition coefficient (Wildman–Crippen LogP) is 3.75. The molecule has 2 aromatic heterocycles. The molecule has 0 atom stereocenters. The van der Waals surface area contributed by atoms with Gasteiger partial charge in [-0.2, -0.15) is 0 Å². The standard InChI is InChI=1S/C26H29N5O4S/c1-33-22-12-17(13-23(34-2)24(22)35-3)25(32)28-20-7-5-4-6-19(20)21-16-31-15-18(36-26(31)29-21)14-30-10-8-27-9-11-30/h4-7,12-13,15-16,27H,8-11,14H2,1-3H3,(H,28,32). The first-order valence-electron chi connectivity index (χ1n) is 11.7. The second-order valence-corrected chi connectivity index (χ2v) is 9.55. The van der Waals surface area contributed by atoms with Crippen molar-refractivity contribution in [3.05, 3.63) is 59.2 Å². The van der Waals surface area contributed by atoms with Crippen molar-refractivity contribution < 1.29 is 19.0 Å². The Kier molecular flexibility index (Phi) is 7.08. The fraction of sp³-hybridized carbons (Fsp3) is 0.308. The Morgan fingerprint density at radius 3 is 2.44 bits per heavy atom. The van der Waals surface area contributed by atoms with Crippen molar-refractivity contribution in [2.75, 3.05) is 52.8 Å². The largest absolute Gasteiger partial charge is 0.493 e. The molecule has 1 fully saturated rings. The molecule has 0 unspecified atom stereocenters. The molecule has 10 heteroatoms. The number of para-hydroxylation sites is 1. The normalized spacial score (nSPS) is 14.1. The van der Waals surface area contributed by atoms with Gasteiger partial charge in [0.15, 0.2) is 16.5 Å². The molecule has 4 aromatic rings. The number of carbonyl (C=O) groups excluding carboxylic acids is 1. The van der Waals surface area contributed by atoms with Crippen LogP contribution >= 0.6 is 11.3 Å². The lowest BCUT2D eigenvalue weighted by Crippen LogP contribution is -2.42. The van der Waals surface area contributed by atoms with E-state index in [2.05, 4.69) is 26.1 Å². The molecular weight excluding hydrogens is 478 g/mol. The summed E-state index contributed by atoms with van der Waals surface area (Å²) in [5.41, 5.74) is 2.71. The SMILES string of the molecule is COc1cc(C(=O)Nc2ccccc2-c2cn3cc(CN4CCNCC4)sc3n2)cc(OC)c1OC. The first-order valence-corrected chi connectivity index (χ1v) is 12.5. The van der Waals surface area contributed by atoms with Crippen LogP contribution in [0, 0.1) is 0 Å². The van der Waals surface area contributed by atoms with Crippen LogP contribution in [0.4, 0.5) is 5.69 Å². The Hall–Kier alpha value is -3.60. The van der Waals surface area contributed by atoms with Crippen molar-refractivity contribution >= 4 is 27.9 Å². The second-order valence-electron chi connectivity index (χ2n) is 8.45. The van der Waals surface area contributed by atoms with Gasteiger partial charge in [0.05, 0.1) is 32.7 Å². The van der Waals surface area contributed by atoms with Gasteiger partial charge in [-0.15, -0.1) is 0 Å². The molecule has 0 radical (unpaired) electrons. The zero-order valence-corrected chi connectivity index (χ0v) is 21.4. The number of thiazole rings is 1. The maximum Gasteiger partial charge on any atom is 0.255 e. The van der Waals surface area contributed by atoms with Crippen LogP contribution in [0.25, 0.3) is 16.2 Å². The quantitative estimate of drug-likeness (QED) is 0.376. The number of nitrogens with zero attached hydrogens (tertiary/aromatic N) is 3. The number of nitrogens with one attached hydrogen (secondary N) is 2. The first kappa shape index (κ1) is 24.1. The molecule has 0 spiro atoms. The van der Waals surface area contributed by atoms with Crippen LogP contribution in [0.15, 0.2) is 48.8 Å². The highest BCUT2D eigenvalue weighted by Crippen LogP contribution is 2.38. The van der Waals surface area contributed by atoms with E-state index in [9.17, 15) is 4.79 Å². The minimum absolute atomic E-state index is 0.291. The van der Waals surface area contributed by atoms with Gasteiger partial charge >= 0.3 is 0 Å². The van der Waals surface area contributed by atoms with Crippen LogP contribution in [0.5, 0.6) is 17.2 Å². The van der Waals surface area contributed by atoms with Gasteiger partial charge in [-0.3, -0.25) is 14.1 Å². The van der Waals surface area contributed by atoms with Gasteiger partial charge in [-0.1, -0.05) is 29.5 Å². The molecule has 1 saturated heterocycles. The predicted molar refractivity (Wildman–Crippen MR) is 141 cm³/mol. The lowest BCUT2D eigenvalue weighted by Gasteiger charge is -2.26. The molecule has 2 aromatic carbocycles. The average molecular weight is 508 g/mol. The monoisotopic (exact) mass is 507 g/mol. The average Bonchev–Trinajstić information content (AvgIpc) is 3.47. The summed E-state index contributed by atoms with van der Waals surface area (Å²) in [5.74, 6) is 0.981. The smallest absolute Gasteiger partial charge is 0.255 e. The van der Waals surface area contributed by atoms with Crippen molar-refractivity contribution in [1.29, 1.82) is 0 Å². The summed E-state index contributed by atoms with van der Waals surface area (Å²) in [6.07, 6.45) is 4.16. The van der Waals surface area contributed by atoms with Crippen LogP contribution in [-0.2, 0) is 6.54 Å². The third-order valence-corrected chi connectivity index (χ3v) is 7.15. The lowest BCUT2D eigenvalue weighted by molar-refractivity contribution is 0.102. The molecule has 36 heavy (non-hydrogen) atoms. The van der Waals surface area contributed by atoms with Crippen molar-refractivity contribution in [2.24, 2.45) is 0 Å². The van der Waals surface area contributed by atoms with E-state index in [0.29, 0.717) is 28.5 Å². The van der Waals surface area contributed by atoms with E-state index in [1.165, 1.54) is 26.2 Å². The number of benzene rings is 2. The van der Waals surface area contributed by atoms with Gasteiger partial charge in [0.1, 0.15) is 0 Å². The summed E-state index contributed by atoms with van der Waals surface area (Å²) in [5, 5.41) is 6.41. The van der Waals surface area contributed by atoms with Crippen LogP contribution in [0.2, 0.25) is 0 Å². The minimum Gasteiger partial charge on any atom is -0.493 e. The molecule has 188 valence electrons. The van der Waals surface area contributed by atoms with E-state index >= 15 is 0 Å². The summed E-state index contributed by atoms with van der Waals surface area (Å²) in [6, 6.07) is 10.9. The van der Waals surface area contributed by atoms with Gasteiger partial charge in [-0.25, -0.2) is 4.98 Å². The number of imidazole rings is 1. The maximum atomic E-state index is 13.2. The molecule has 1 amide bonds. The fourth-order valence-electron chi connectivity index (χ4n) is 4.36. The highest BCUT2D eigenvalue weighted by Gasteiger charge is 2.19. The summed E-state index contributed by atoms with van der Waals surface area (Å²) < 4.78 is 18.2. The minimum atomic E-state index is -0.291. The molecular formula is C26H29N5O4S. The summed E-state index contributed by atoms with van der Waals surface area (Å²) in [6.45, 7) is 5.12. The molecule has 0 saturated carbocycles. The summed E-state index contributed by atoms with van der Waals surface area (Å²) in [7, 11) is 4.57. The van der Waals surface area contributed by atoms with E-state index < -0.39 is 0 Å². The molecule has 5 rings (SSSR count). The van der Waals surface area contributed by atoms with Crippen LogP contribution in [0.1, 0.15) is 15.2 Å². The highest BCUT2D eigenvalue weighted by atomic mass is 32.1.